The van der Waals surface area contributed by atoms with Crippen LogP contribution in [-0.2, 0) is 18.4 Å². The molecule has 40 heavy (non-hydrogen) atoms. The van der Waals surface area contributed by atoms with Gasteiger partial charge in [-0.1, -0.05) is 88.8 Å². The van der Waals surface area contributed by atoms with Gasteiger partial charge in [-0.2, -0.15) is 0 Å². The molecule has 0 saturated heterocycles. The van der Waals surface area contributed by atoms with Crippen molar-refractivity contribution < 1.29 is 32.9 Å². The third-order valence-corrected chi connectivity index (χ3v) is 7.32. The molecule has 3 N–H and O–H groups in total. The summed E-state index contributed by atoms with van der Waals surface area (Å²) in [6, 6.07) is -0.860. The number of likely N-dealkylation sites (N-methyl/N-ethyl adjacent to an activating group) is 1. The molecule has 0 saturated carbocycles. The van der Waals surface area contributed by atoms with Crippen LogP contribution >= 0.6 is 7.82 Å². The highest BCUT2D eigenvalue weighted by molar-refractivity contribution is 7.47. The van der Waals surface area contributed by atoms with Gasteiger partial charge in [0.1, 0.15) is 13.2 Å². The second-order valence-corrected chi connectivity index (χ2v) is 12.9. The van der Waals surface area contributed by atoms with Gasteiger partial charge in [0.2, 0.25) is 5.91 Å². The largest absolute Gasteiger partial charge is 0.472 e. The summed E-state index contributed by atoms with van der Waals surface area (Å²) in [5.41, 5.74) is 0. The van der Waals surface area contributed by atoms with Crippen LogP contribution in [0.2, 0.25) is 0 Å². The van der Waals surface area contributed by atoms with Gasteiger partial charge in [0, 0.05) is 6.42 Å². The number of phosphoric acid groups is 1. The summed E-state index contributed by atoms with van der Waals surface area (Å²) < 4.78 is 23.2. The van der Waals surface area contributed by atoms with E-state index in [4.69, 9.17) is 9.05 Å². The fourth-order valence-electron chi connectivity index (χ4n) is 3.77. The van der Waals surface area contributed by atoms with E-state index in [1.165, 1.54) is 19.3 Å². The Morgan fingerprint density at radius 3 is 1.98 bits per heavy atom. The number of carbonyl (C=O) groups excluding carboxylic acids is 1. The van der Waals surface area contributed by atoms with E-state index in [2.05, 4.69) is 43.5 Å². The first-order chi connectivity index (χ1) is 19.0. The quantitative estimate of drug-likeness (QED) is 0.0443. The van der Waals surface area contributed by atoms with Crippen LogP contribution in [0.3, 0.4) is 0 Å². The molecule has 0 spiro atoms. The van der Waals surface area contributed by atoms with Crippen LogP contribution in [0.5, 0.6) is 0 Å². The van der Waals surface area contributed by atoms with Crippen molar-refractivity contribution in [2.75, 3.05) is 40.9 Å². The second kappa shape index (κ2) is 24.3. The van der Waals surface area contributed by atoms with Gasteiger partial charge in [-0.15, -0.1) is 0 Å². The Balaban J connectivity index is 4.71. The molecule has 234 valence electrons. The summed E-state index contributed by atoms with van der Waals surface area (Å²) in [6.07, 6.45) is 25.3. The van der Waals surface area contributed by atoms with Crippen LogP contribution in [0, 0.1) is 0 Å². The van der Waals surface area contributed by atoms with Gasteiger partial charge in [0.05, 0.1) is 39.9 Å². The lowest BCUT2D eigenvalue weighted by atomic mass is 10.1. The molecule has 9 heteroatoms. The van der Waals surface area contributed by atoms with E-state index in [1.54, 1.807) is 6.08 Å². The number of hydrogen-bond donors (Lipinski definition) is 3. The highest BCUT2D eigenvalue weighted by Gasteiger charge is 2.27. The molecule has 3 atom stereocenters. The fourth-order valence-corrected chi connectivity index (χ4v) is 4.51. The zero-order valence-corrected chi connectivity index (χ0v) is 27.0. The minimum Gasteiger partial charge on any atom is -0.387 e. The van der Waals surface area contributed by atoms with E-state index >= 15 is 0 Å². The molecule has 0 rings (SSSR count). The van der Waals surface area contributed by atoms with Crippen LogP contribution in [0.25, 0.3) is 0 Å². The summed E-state index contributed by atoms with van der Waals surface area (Å²) in [5.74, 6) is -0.210. The Bertz CT molecular complexity index is 763. The van der Waals surface area contributed by atoms with E-state index < -0.39 is 20.0 Å². The summed E-state index contributed by atoms with van der Waals surface area (Å²) in [6.45, 7) is 4.60. The topological polar surface area (TPSA) is 105 Å². The first-order valence-corrected chi connectivity index (χ1v) is 16.9. The Morgan fingerprint density at radius 2 is 1.38 bits per heavy atom. The van der Waals surface area contributed by atoms with E-state index in [9.17, 15) is 19.4 Å². The van der Waals surface area contributed by atoms with Crippen LogP contribution in [0.15, 0.2) is 36.5 Å². The number of nitrogens with zero attached hydrogens (tertiary/aromatic N) is 1. The van der Waals surface area contributed by atoms with Gasteiger partial charge >= 0.3 is 7.82 Å². The molecular formula is C31H60N2O6P+. The molecule has 0 heterocycles. The number of rotatable bonds is 26. The van der Waals surface area contributed by atoms with Crippen molar-refractivity contribution in [3.63, 3.8) is 0 Å². The van der Waals surface area contributed by atoms with E-state index in [1.807, 2.05) is 27.2 Å². The SMILES string of the molecule is CCCCC/C=C/CC/C=C/CC/C=C/C(O)C(COP(=O)(O)OCC[N+](C)(C)C)NC(=O)CCCCCCC. The maximum absolute atomic E-state index is 12.5. The number of phosphoric ester groups is 1. The number of carbonyl (C=O) groups is 1. The number of hydrogen-bond acceptors (Lipinski definition) is 5. The molecule has 0 radical (unpaired) electrons. The number of aliphatic hydroxyl groups excluding tert-OH is 1. The number of unbranched alkanes of at least 4 members (excludes halogenated alkanes) is 9. The average molecular weight is 588 g/mol. The molecule has 0 aliphatic heterocycles. The molecule has 0 aromatic rings. The second-order valence-electron chi connectivity index (χ2n) is 11.5. The Morgan fingerprint density at radius 1 is 0.825 bits per heavy atom. The third kappa shape index (κ3) is 25.7. The molecule has 0 aliphatic carbocycles. The van der Waals surface area contributed by atoms with Crippen molar-refractivity contribution in [3.05, 3.63) is 36.5 Å². The maximum Gasteiger partial charge on any atom is 0.472 e. The van der Waals surface area contributed by atoms with Crippen LogP contribution < -0.4 is 5.32 Å². The highest BCUT2D eigenvalue weighted by atomic mass is 31.2. The van der Waals surface area contributed by atoms with Crippen LogP contribution in [0.4, 0.5) is 0 Å². The van der Waals surface area contributed by atoms with E-state index in [0.717, 1.165) is 64.2 Å². The van der Waals surface area contributed by atoms with Crippen molar-refractivity contribution >= 4 is 13.7 Å². The van der Waals surface area contributed by atoms with Crippen molar-refractivity contribution in [3.8, 4) is 0 Å². The summed E-state index contributed by atoms with van der Waals surface area (Å²) >= 11 is 0. The first kappa shape index (κ1) is 38.7. The molecule has 0 aromatic carbocycles. The number of aliphatic hydroxyl groups is 1. The van der Waals surface area contributed by atoms with Crippen molar-refractivity contribution in [2.45, 2.75) is 116 Å². The van der Waals surface area contributed by atoms with Crippen LogP contribution in [0.1, 0.15) is 104 Å². The van der Waals surface area contributed by atoms with Crippen molar-refractivity contribution in [1.29, 1.82) is 0 Å². The van der Waals surface area contributed by atoms with E-state index in [0.29, 0.717) is 17.4 Å². The fraction of sp³-hybridized carbons (Fsp3) is 0.774. The van der Waals surface area contributed by atoms with Crippen molar-refractivity contribution in [1.82, 2.24) is 5.32 Å². The van der Waals surface area contributed by atoms with Gasteiger partial charge in [-0.25, -0.2) is 4.57 Å². The molecule has 0 aliphatic rings. The van der Waals surface area contributed by atoms with Gasteiger partial charge < -0.3 is 19.8 Å². The number of allylic oxidation sites excluding steroid dienone is 5. The molecule has 0 fully saturated rings. The van der Waals surface area contributed by atoms with Crippen LogP contribution in [-0.4, -0.2) is 73.4 Å². The Labute approximate surface area is 245 Å². The third-order valence-electron chi connectivity index (χ3n) is 6.34. The zero-order chi connectivity index (χ0) is 30.1. The lowest BCUT2D eigenvalue weighted by molar-refractivity contribution is -0.870. The van der Waals surface area contributed by atoms with Gasteiger partial charge in [0.15, 0.2) is 0 Å². The number of quaternary nitrogens is 1. The minimum atomic E-state index is -4.32. The monoisotopic (exact) mass is 587 g/mol. The molecule has 0 bridgehead atoms. The maximum atomic E-state index is 12.5. The Kier molecular flexibility index (Phi) is 23.6. The standard InChI is InChI=1S/C31H59N2O6P/c1-6-8-10-12-13-14-15-16-17-18-19-21-22-24-30(34)29(32-31(35)25-23-20-11-9-7-2)28-39-40(36,37)38-27-26-33(3,4)5/h13-14,17-18,22,24,29-30,34H,6-12,15-16,19-21,23,25-28H2,1-5H3,(H-,32,35,36,37)/p+1/b14-13+,18-17+,24-22+. The molecule has 3 unspecified atom stereocenters. The highest BCUT2D eigenvalue weighted by Crippen LogP contribution is 2.43. The van der Waals surface area contributed by atoms with Crippen molar-refractivity contribution in [2.24, 2.45) is 0 Å². The van der Waals surface area contributed by atoms with Gasteiger partial charge in [-0.3, -0.25) is 13.8 Å². The number of amides is 1. The molecule has 8 nitrogen and oxygen atoms in total. The van der Waals surface area contributed by atoms with E-state index in [-0.39, 0.29) is 19.1 Å². The number of nitrogens with one attached hydrogen (secondary N) is 1. The summed E-state index contributed by atoms with van der Waals surface area (Å²) in [4.78, 5) is 22.6. The first-order valence-electron chi connectivity index (χ1n) is 15.4. The van der Waals surface area contributed by atoms with Gasteiger partial charge in [0.25, 0.3) is 0 Å². The lowest BCUT2D eigenvalue weighted by Crippen LogP contribution is -2.45. The summed E-state index contributed by atoms with van der Waals surface area (Å²) in [5, 5.41) is 13.5. The molecular weight excluding hydrogens is 527 g/mol. The lowest BCUT2D eigenvalue weighted by Gasteiger charge is -2.25. The predicted octanol–water partition coefficient (Wildman–Crippen LogP) is 6.84. The smallest absolute Gasteiger partial charge is 0.387 e. The molecule has 1 amide bonds. The summed E-state index contributed by atoms with van der Waals surface area (Å²) in [7, 11) is 1.53. The predicted molar refractivity (Wildman–Crippen MR) is 166 cm³/mol. The normalized spacial score (nSPS) is 15.7. The Hall–Kier alpha value is -1.28. The zero-order valence-electron chi connectivity index (χ0n) is 26.1. The molecule has 0 aromatic heterocycles. The average Bonchev–Trinajstić information content (AvgIpc) is 2.88. The minimum absolute atomic E-state index is 0.0529. The van der Waals surface area contributed by atoms with Gasteiger partial charge in [-0.05, 0) is 44.9 Å².